The van der Waals surface area contributed by atoms with Crippen molar-refractivity contribution in [2.45, 2.75) is 83.6 Å². The van der Waals surface area contributed by atoms with Crippen LogP contribution in [0.4, 0.5) is 4.79 Å². The summed E-state index contributed by atoms with van der Waals surface area (Å²) in [7, 11) is 2.88. The molecule has 1 amide bonds. The van der Waals surface area contributed by atoms with Crippen LogP contribution in [0.1, 0.15) is 77.6 Å². The Morgan fingerprint density at radius 1 is 0.818 bits per heavy atom. The summed E-state index contributed by atoms with van der Waals surface area (Å²) in [6.07, 6.45) is 11.2. The molecule has 5 nitrogen and oxygen atoms in total. The molecule has 0 spiro atoms. The molecule has 0 saturated heterocycles. The molecule has 5 heteroatoms. The number of quaternary nitrogens is 1. The molecule has 130 valence electrons. The first-order valence-corrected chi connectivity index (χ1v) is 8.64. The minimum absolute atomic E-state index is 0.422. The Kier molecular flexibility index (Phi) is 10.9. The van der Waals surface area contributed by atoms with Crippen LogP contribution in [0.3, 0.4) is 0 Å². The van der Waals surface area contributed by atoms with Crippen LogP contribution in [0.15, 0.2) is 0 Å². The molecule has 22 heavy (non-hydrogen) atoms. The van der Waals surface area contributed by atoms with E-state index in [-0.39, 0.29) is 0 Å². The fourth-order valence-electron chi connectivity index (χ4n) is 2.68. The average Bonchev–Trinajstić information content (AvgIpc) is 2.43. The quantitative estimate of drug-likeness (QED) is 0.387. The zero-order valence-electron chi connectivity index (χ0n) is 14.5. The molecule has 0 heterocycles. The van der Waals surface area contributed by atoms with Gasteiger partial charge in [-0.3, -0.25) is 0 Å². The maximum absolute atomic E-state index is 11.3. The van der Waals surface area contributed by atoms with Crippen molar-refractivity contribution in [2.24, 2.45) is 0 Å². The van der Waals surface area contributed by atoms with E-state index in [0.29, 0.717) is 6.42 Å². The normalized spacial score (nSPS) is 13.0. The Morgan fingerprint density at radius 3 is 1.59 bits per heavy atom. The predicted molar refractivity (Wildman–Crippen MR) is 88.0 cm³/mol. The first kappa shape index (κ1) is 20.9. The number of hydrogen-bond acceptors (Lipinski definition) is 2. The molecule has 0 saturated carbocycles. The summed E-state index contributed by atoms with van der Waals surface area (Å²) in [5, 5.41) is 18.4. The van der Waals surface area contributed by atoms with Gasteiger partial charge in [-0.2, -0.15) is 4.79 Å². The number of likely N-dealkylation sites (N-methyl/N-ethyl adjacent to an activating group) is 1. The minimum atomic E-state index is -1.10. The number of aliphatic carboxylic acids is 1. The highest BCUT2D eigenvalue weighted by Gasteiger charge is 2.40. The zero-order valence-corrected chi connectivity index (χ0v) is 14.5. The summed E-state index contributed by atoms with van der Waals surface area (Å²) < 4.78 is -0.507. The van der Waals surface area contributed by atoms with Crippen LogP contribution in [-0.4, -0.2) is 46.9 Å². The SMILES string of the molecule is CCCCCCCCCCCCC(C(=O)O)[N+](C)(C)C(=O)O. The monoisotopic (exact) mass is 316 g/mol. The molecule has 0 aromatic heterocycles. The summed E-state index contributed by atoms with van der Waals surface area (Å²) in [6, 6.07) is -0.869. The first-order chi connectivity index (χ1) is 10.3. The standard InChI is InChI=1S/C17H33NO4/c1-4-5-6-7-8-9-10-11-12-13-14-15(16(19)20)18(2,3)17(21)22/h15H,4-14H2,1-3H3,(H-,19,20,21,22)/p+1. The second-order valence-corrected chi connectivity index (χ2v) is 6.65. The number of hydrogen-bond donors (Lipinski definition) is 2. The van der Waals surface area contributed by atoms with Crippen LogP contribution in [0.2, 0.25) is 0 Å². The Balaban J connectivity index is 3.79. The van der Waals surface area contributed by atoms with Crippen molar-refractivity contribution in [3.63, 3.8) is 0 Å². The predicted octanol–water partition coefficient (Wildman–Crippen LogP) is 4.51. The van der Waals surface area contributed by atoms with Gasteiger partial charge in [0.2, 0.25) is 0 Å². The van der Waals surface area contributed by atoms with Crippen LogP contribution >= 0.6 is 0 Å². The van der Waals surface area contributed by atoms with Crippen molar-refractivity contribution in [3.8, 4) is 0 Å². The minimum Gasteiger partial charge on any atom is -0.477 e. The number of carbonyl (C=O) groups is 2. The maximum atomic E-state index is 11.3. The molecule has 0 aliphatic carbocycles. The van der Waals surface area contributed by atoms with Crippen LogP contribution in [0.25, 0.3) is 0 Å². The molecule has 0 fully saturated rings. The molecular formula is C17H34NO4+. The molecular weight excluding hydrogens is 282 g/mol. The zero-order chi connectivity index (χ0) is 17.0. The highest BCUT2D eigenvalue weighted by molar-refractivity contribution is 5.74. The van der Waals surface area contributed by atoms with E-state index in [4.69, 9.17) is 5.11 Å². The summed E-state index contributed by atoms with van der Waals surface area (Å²) in [5.74, 6) is -1.02. The van der Waals surface area contributed by atoms with Crippen LogP contribution in [0.5, 0.6) is 0 Å². The summed E-state index contributed by atoms with van der Waals surface area (Å²) >= 11 is 0. The van der Waals surface area contributed by atoms with Gasteiger partial charge < -0.3 is 10.2 Å². The van der Waals surface area contributed by atoms with E-state index in [1.165, 1.54) is 59.0 Å². The molecule has 1 atom stereocenters. The summed E-state index contributed by atoms with van der Waals surface area (Å²) in [5.41, 5.74) is 0. The van der Waals surface area contributed by atoms with Crippen LogP contribution in [0, 0.1) is 0 Å². The maximum Gasteiger partial charge on any atom is 0.513 e. The van der Waals surface area contributed by atoms with Gasteiger partial charge in [-0.15, -0.1) is 0 Å². The third-order valence-electron chi connectivity index (χ3n) is 4.39. The van der Waals surface area contributed by atoms with Gasteiger partial charge in [0, 0.05) is 6.42 Å². The summed E-state index contributed by atoms with van der Waals surface area (Å²) in [6.45, 7) is 2.22. The largest absolute Gasteiger partial charge is 0.513 e. The van der Waals surface area contributed by atoms with Crippen LogP contribution < -0.4 is 0 Å². The number of nitrogens with zero attached hydrogens (tertiary/aromatic N) is 1. The molecule has 0 rings (SSSR count). The van der Waals surface area contributed by atoms with Crippen LogP contribution in [-0.2, 0) is 4.79 Å². The van der Waals surface area contributed by atoms with E-state index in [2.05, 4.69) is 6.92 Å². The topological polar surface area (TPSA) is 74.6 Å². The molecule has 1 unspecified atom stereocenters. The van der Waals surface area contributed by atoms with Gasteiger partial charge >= 0.3 is 12.1 Å². The number of rotatable bonds is 13. The lowest BCUT2D eigenvalue weighted by Gasteiger charge is -2.29. The van der Waals surface area contributed by atoms with Gasteiger partial charge in [0.1, 0.15) is 0 Å². The van der Waals surface area contributed by atoms with Gasteiger partial charge in [-0.05, 0) is 6.42 Å². The van der Waals surface area contributed by atoms with Gasteiger partial charge in [-0.1, -0.05) is 64.7 Å². The van der Waals surface area contributed by atoms with Crippen molar-refractivity contribution >= 4 is 12.1 Å². The van der Waals surface area contributed by atoms with Gasteiger partial charge in [0.15, 0.2) is 6.04 Å². The fraction of sp³-hybridized carbons (Fsp3) is 0.882. The molecule has 0 aromatic rings. The molecule has 0 bridgehead atoms. The molecule has 0 radical (unpaired) electrons. The lowest BCUT2D eigenvalue weighted by Crippen LogP contribution is -2.56. The van der Waals surface area contributed by atoms with E-state index in [1.54, 1.807) is 0 Å². The van der Waals surface area contributed by atoms with E-state index in [9.17, 15) is 14.7 Å². The second kappa shape index (κ2) is 11.5. The van der Waals surface area contributed by atoms with Gasteiger partial charge in [0.25, 0.3) is 0 Å². The van der Waals surface area contributed by atoms with Gasteiger partial charge in [0.05, 0.1) is 14.1 Å². The summed E-state index contributed by atoms with van der Waals surface area (Å²) in [4.78, 5) is 22.4. The fourth-order valence-corrected chi connectivity index (χ4v) is 2.68. The molecule has 2 N–H and O–H groups in total. The van der Waals surface area contributed by atoms with E-state index >= 15 is 0 Å². The van der Waals surface area contributed by atoms with Crippen molar-refractivity contribution in [1.29, 1.82) is 0 Å². The molecule has 0 aliphatic heterocycles. The van der Waals surface area contributed by atoms with Crippen molar-refractivity contribution < 1.29 is 24.3 Å². The molecule has 0 aliphatic rings. The average molecular weight is 316 g/mol. The van der Waals surface area contributed by atoms with Gasteiger partial charge in [-0.25, -0.2) is 9.28 Å². The number of unbranched alkanes of at least 4 members (excludes halogenated alkanes) is 9. The van der Waals surface area contributed by atoms with E-state index in [1.807, 2.05) is 0 Å². The third-order valence-corrected chi connectivity index (χ3v) is 4.39. The lowest BCUT2D eigenvalue weighted by molar-refractivity contribution is -0.834. The Labute approximate surface area is 134 Å². The number of carboxylic acids is 1. The lowest BCUT2D eigenvalue weighted by atomic mass is 10.0. The number of carboxylic acid groups (broad SMARTS) is 2. The van der Waals surface area contributed by atoms with Crippen molar-refractivity contribution in [2.75, 3.05) is 14.1 Å². The van der Waals surface area contributed by atoms with Crippen molar-refractivity contribution in [3.05, 3.63) is 0 Å². The number of amides is 1. The Morgan fingerprint density at radius 2 is 1.23 bits per heavy atom. The molecule has 0 aromatic carbocycles. The highest BCUT2D eigenvalue weighted by Crippen LogP contribution is 2.17. The smallest absolute Gasteiger partial charge is 0.477 e. The van der Waals surface area contributed by atoms with E-state index < -0.39 is 22.6 Å². The highest BCUT2D eigenvalue weighted by atomic mass is 16.4. The Bertz CT molecular complexity index is 329. The van der Waals surface area contributed by atoms with Crippen molar-refractivity contribution in [1.82, 2.24) is 0 Å². The Hall–Kier alpha value is -1.10. The second-order valence-electron chi connectivity index (χ2n) is 6.65. The third kappa shape index (κ3) is 8.37. The van der Waals surface area contributed by atoms with E-state index in [0.717, 1.165) is 19.3 Å². The first-order valence-electron chi connectivity index (χ1n) is 8.64.